The molecule has 3 rings (SSSR count). The normalized spacial score (nSPS) is 12.4. The van der Waals surface area contributed by atoms with Crippen molar-refractivity contribution in [2.75, 3.05) is 6.79 Å². The number of hydrogen-bond donors (Lipinski definition) is 1. The third-order valence-electron chi connectivity index (χ3n) is 3.13. The van der Waals surface area contributed by atoms with Gasteiger partial charge in [0.05, 0.1) is 0 Å². The molecule has 21 heavy (non-hydrogen) atoms. The van der Waals surface area contributed by atoms with Crippen LogP contribution in [0.5, 0.6) is 17.2 Å². The molecule has 0 saturated heterocycles. The molecule has 108 valence electrons. The maximum atomic E-state index is 12.2. The molecule has 6 heteroatoms. The average Bonchev–Trinajstić information content (AvgIpc) is 2.84. The van der Waals surface area contributed by atoms with Gasteiger partial charge >= 0.3 is 5.63 Å². The molecule has 0 spiro atoms. The lowest BCUT2D eigenvalue weighted by molar-refractivity contribution is 0.0986. The first-order valence-corrected chi connectivity index (χ1v) is 6.30. The van der Waals surface area contributed by atoms with Crippen molar-refractivity contribution < 1.29 is 23.8 Å². The molecule has 0 bridgehead atoms. The van der Waals surface area contributed by atoms with Crippen LogP contribution in [-0.2, 0) is 6.42 Å². The van der Waals surface area contributed by atoms with E-state index in [0.29, 0.717) is 17.1 Å². The van der Waals surface area contributed by atoms with Crippen molar-refractivity contribution in [3.8, 4) is 17.2 Å². The molecule has 6 nitrogen and oxygen atoms in total. The highest BCUT2D eigenvalue weighted by molar-refractivity contribution is 5.99. The summed E-state index contributed by atoms with van der Waals surface area (Å²) in [5, 5.41) is 9.75. The van der Waals surface area contributed by atoms with Gasteiger partial charge in [-0.3, -0.25) is 4.79 Å². The maximum absolute atomic E-state index is 12.2. The van der Waals surface area contributed by atoms with Gasteiger partial charge in [0.2, 0.25) is 6.79 Å². The minimum absolute atomic E-state index is 0.0436. The summed E-state index contributed by atoms with van der Waals surface area (Å²) in [6, 6.07) is 6.32. The van der Waals surface area contributed by atoms with Crippen molar-refractivity contribution in [1.82, 2.24) is 0 Å². The number of carbonyl (C=O) groups is 1. The van der Waals surface area contributed by atoms with Crippen LogP contribution < -0.4 is 15.1 Å². The van der Waals surface area contributed by atoms with Crippen LogP contribution in [0.3, 0.4) is 0 Å². The second-order valence-electron chi connectivity index (χ2n) is 4.69. The average molecular weight is 288 g/mol. The second kappa shape index (κ2) is 4.97. The molecule has 0 aliphatic carbocycles. The van der Waals surface area contributed by atoms with Crippen LogP contribution in [0, 0.1) is 6.92 Å². The van der Waals surface area contributed by atoms with E-state index in [1.807, 2.05) is 0 Å². The van der Waals surface area contributed by atoms with Crippen LogP contribution in [0.2, 0.25) is 0 Å². The summed E-state index contributed by atoms with van der Waals surface area (Å²) in [7, 11) is 0. The fraction of sp³-hybridized carbons (Fsp3) is 0.200. The maximum Gasteiger partial charge on any atom is 0.350 e. The van der Waals surface area contributed by atoms with E-state index in [0.717, 1.165) is 0 Å². The first kappa shape index (κ1) is 13.2. The summed E-state index contributed by atoms with van der Waals surface area (Å²) in [5.74, 6) is 0.538. The van der Waals surface area contributed by atoms with Gasteiger partial charge in [-0.25, -0.2) is 4.79 Å². The van der Waals surface area contributed by atoms with E-state index in [2.05, 4.69) is 0 Å². The van der Waals surface area contributed by atoms with Crippen molar-refractivity contribution in [2.24, 2.45) is 0 Å². The Kier molecular flexibility index (Phi) is 3.13. The summed E-state index contributed by atoms with van der Waals surface area (Å²) in [6.07, 6.45) is -0.0436. The van der Waals surface area contributed by atoms with Gasteiger partial charge in [0.25, 0.3) is 0 Å². The quantitative estimate of drug-likeness (QED) is 0.867. The number of rotatable bonds is 3. The van der Waals surface area contributed by atoms with Crippen molar-refractivity contribution in [2.45, 2.75) is 13.3 Å². The van der Waals surface area contributed by atoms with E-state index in [1.165, 1.54) is 13.0 Å². The lowest BCUT2D eigenvalue weighted by Gasteiger charge is -2.04. The van der Waals surface area contributed by atoms with E-state index >= 15 is 0 Å². The fourth-order valence-corrected chi connectivity index (χ4v) is 2.18. The molecule has 2 aromatic rings. The Labute approximate surface area is 119 Å². The molecular weight excluding hydrogens is 276 g/mol. The summed E-state index contributed by atoms with van der Waals surface area (Å²) >= 11 is 0. The van der Waals surface area contributed by atoms with E-state index in [1.54, 1.807) is 18.2 Å². The lowest BCUT2D eigenvalue weighted by Crippen LogP contribution is -2.16. The van der Waals surface area contributed by atoms with Crippen molar-refractivity contribution in [1.29, 1.82) is 0 Å². The number of benzene rings is 1. The molecule has 0 saturated carbocycles. The van der Waals surface area contributed by atoms with Crippen LogP contribution in [0.1, 0.15) is 21.7 Å². The first-order valence-electron chi connectivity index (χ1n) is 6.30. The van der Waals surface area contributed by atoms with E-state index in [4.69, 9.17) is 13.9 Å². The molecular formula is C15H12O6. The van der Waals surface area contributed by atoms with Crippen molar-refractivity contribution in [3.63, 3.8) is 0 Å². The minimum atomic E-state index is -0.835. The molecule has 0 fully saturated rings. The number of hydrogen-bond acceptors (Lipinski definition) is 6. The Morgan fingerprint density at radius 1 is 1.24 bits per heavy atom. The van der Waals surface area contributed by atoms with E-state index in [9.17, 15) is 14.7 Å². The highest BCUT2D eigenvalue weighted by Gasteiger charge is 2.20. The van der Waals surface area contributed by atoms with Crippen molar-refractivity contribution in [3.05, 3.63) is 51.6 Å². The molecule has 1 aromatic carbocycles. The van der Waals surface area contributed by atoms with E-state index in [-0.39, 0.29) is 30.3 Å². The van der Waals surface area contributed by atoms with Gasteiger partial charge in [-0.2, -0.15) is 0 Å². The topological polar surface area (TPSA) is 86.0 Å². The molecule has 1 aliphatic rings. The number of fused-ring (bicyclic) bond motifs is 1. The zero-order valence-corrected chi connectivity index (χ0v) is 11.2. The molecule has 1 N–H and O–H groups in total. The van der Waals surface area contributed by atoms with Gasteiger partial charge in [0.1, 0.15) is 17.1 Å². The Balaban J connectivity index is 1.89. The number of aryl methyl sites for hydroxylation is 1. The highest BCUT2D eigenvalue weighted by Crippen LogP contribution is 2.32. The Hall–Kier alpha value is -2.76. The third-order valence-corrected chi connectivity index (χ3v) is 3.13. The molecule has 2 heterocycles. The van der Waals surface area contributed by atoms with Crippen LogP contribution in [0.15, 0.2) is 33.5 Å². The van der Waals surface area contributed by atoms with Gasteiger partial charge < -0.3 is 19.0 Å². The zero-order chi connectivity index (χ0) is 15.0. The zero-order valence-electron chi connectivity index (χ0n) is 11.2. The largest absolute Gasteiger partial charge is 0.507 e. The van der Waals surface area contributed by atoms with Crippen LogP contribution in [0.25, 0.3) is 0 Å². The number of Topliss-reactive ketones (excluding diaryl/α,β-unsaturated/α-hetero) is 1. The number of ether oxygens (including phenoxy) is 2. The number of aromatic hydroxyl groups is 1. The van der Waals surface area contributed by atoms with Crippen molar-refractivity contribution >= 4 is 5.78 Å². The molecule has 0 unspecified atom stereocenters. The number of ketones is 1. The van der Waals surface area contributed by atoms with Gasteiger partial charge in [0.15, 0.2) is 17.3 Å². The Morgan fingerprint density at radius 2 is 2.00 bits per heavy atom. The smallest absolute Gasteiger partial charge is 0.350 e. The molecule has 0 radical (unpaired) electrons. The van der Waals surface area contributed by atoms with Gasteiger partial charge in [-0.1, -0.05) is 6.07 Å². The summed E-state index contributed by atoms with van der Waals surface area (Å²) < 4.78 is 15.2. The predicted molar refractivity (Wildman–Crippen MR) is 72.0 cm³/mol. The lowest BCUT2D eigenvalue weighted by atomic mass is 10.0. The summed E-state index contributed by atoms with van der Waals surface area (Å²) in [5.41, 5.74) is -0.514. The van der Waals surface area contributed by atoms with Gasteiger partial charge in [0, 0.05) is 12.5 Å². The minimum Gasteiger partial charge on any atom is -0.507 e. The molecule has 0 atom stereocenters. The molecule has 1 aromatic heterocycles. The van der Waals surface area contributed by atoms with Crippen LogP contribution in [0.4, 0.5) is 0 Å². The fourth-order valence-electron chi connectivity index (χ4n) is 2.18. The summed E-state index contributed by atoms with van der Waals surface area (Å²) in [4.78, 5) is 23.9. The predicted octanol–water partition coefficient (Wildman–Crippen LogP) is 1.81. The van der Waals surface area contributed by atoms with Crippen LogP contribution in [-0.4, -0.2) is 17.7 Å². The van der Waals surface area contributed by atoms with Gasteiger partial charge in [-0.15, -0.1) is 0 Å². The van der Waals surface area contributed by atoms with Gasteiger partial charge in [-0.05, 0) is 24.6 Å². The molecule has 0 amide bonds. The van der Waals surface area contributed by atoms with Crippen LogP contribution >= 0.6 is 0 Å². The number of carbonyl (C=O) groups excluding carboxylic acids is 1. The first-order chi connectivity index (χ1) is 10.0. The SMILES string of the molecule is Cc1cc(O)c(C(=O)Cc2ccc3c(c2)OCO3)c(=O)o1. The summed E-state index contributed by atoms with van der Waals surface area (Å²) in [6.45, 7) is 1.67. The third kappa shape index (κ3) is 2.47. The Bertz CT molecular complexity index is 774. The van der Waals surface area contributed by atoms with E-state index < -0.39 is 11.4 Å². The second-order valence-corrected chi connectivity index (χ2v) is 4.69. The standard InChI is InChI=1S/C15H12O6/c1-8-4-10(16)14(15(18)21-8)11(17)5-9-2-3-12-13(6-9)20-7-19-12/h2-4,6,16H,5,7H2,1H3. The Morgan fingerprint density at radius 3 is 2.76 bits per heavy atom. The molecule has 1 aliphatic heterocycles. The highest BCUT2D eigenvalue weighted by atomic mass is 16.7. The monoisotopic (exact) mass is 288 g/mol.